The Hall–Kier alpha value is -3.74. The van der Waals surface area contributed by atoms with Gasteiger partial charge in [-0.3, -0.25) is 29.3 Å². The largest absolute Gasteiger partial charge is 0.493 e. The SMILES string of the molecule is CC(C)C[C@@H]1NC(=O)[C@H](CO)NC(=O)c2cc([N+](=O)[O-])ccc2OCC[C@@H](C(N)=O)NC1=O. The number of amides is 4. The van der Waals surface area contributed by atoms with E-state index in [-0.39, 0.29) is 36.7 Å². The van der Waals surface area contributed by atoms with Gasteiger partial charge in [0.05, 0.1) is 23.7 Å². The predicted molar refractivity (Wildman–Crippen MR) is 114 cm³/mol. The number of ether oxygens (including phenoxy) is 1. The fraction of sp³-hybridized carbons (Fsp3) is 0.500. The highest BCUT2D eigenvalue weighted by Crippen LogP contribution is 2.25. The van der Waals surface area contributed by atoms with Crippen molar-refractivity contribution in [2.45, 2.75) is 44.8 Å². The van der Waals surface area contributed by atoms with Crippen molar-refractivity contribution in [3.8, 4) is 5.75 Å². The lowest BCUT2D eigenvalue weighted by molar-refractivity contribution is -0.384. The minimum atomic E-state index is -1.46. The number of fused-ring (bicyclic) bond motifs is 1. The van der Waals surface area contributed by atoms with Crippen LogP contribution in [0.1, 0.15) is 37.0 Å². The van der Waals surface area contributed by atoms with E-state index < -0.39 is 59.0 Å². The second kappa shape index (κ2) is 11.2. The summed E-state index contributed by atoms with van der Waals surface area (Å²) in [6.45, 7) is 2.68. The van der Waals surface area contributed by atoms with E-state index in [1.165, 1.54) is 6.07 Å². The first-order chi connectivity index (χ1) is 15.5. The van der Waals surface area contributed by atoms with Gasteiger partial charge in [-0.1, -0.05) is 13.8 Å². The van der Waals surface area contributed by atoms with E-state index in [1.807, 2.05) is 13.8 Å². The van der Waals surface area contributed by atoms with Crippen LogP contribution in [0.5, 0.6) is 5.75 Å². The molecular formula is C20H27N5O8. The maximum Gasteiger partial charge on any atom is 0.270 e. The second-order valence-corrected chi connectivity index (χ2v) is 7.94. The van der Waals surface area contributed by atoms with Crippen molar-refractivity contribution < 1.29 is 33.9 Å². The highest BCUT2D eigenvalue weighted by Gasteiger charge is 2.31. The van der Waals surface area contributed by atoms with Crippen molar-refractivity contribution in [2.24, 2.45) is 11.7 Å². The van der Waals surface area contributed by atoms with Gasteiger partial charge < -0.3 is 31.5 Å². The quantitative estimate of drug-likeness (QED) is 0.268. The monoisotopic (exact) mass is 465 g/mol. The molecule has 0 saturated heterocycles. The van der Waals surface area contributed by atoms with Gasteiger partial charge in [0.2, 0.25) is 17.7 Å². The number of carbonyl (C=O) groups excluding carboxylic acids is 4. The molecular weight excluding hydrogens is 438 g/mol. The highest BCUT2D eigenvalue weighted by atomic mass is 16.6. The molecule has 1 heterocycles. The molecule has 4 amide bonds. The van der Waals surface area contributed by atoms with E-state index >= 15 is 0 Å². The van der Waals surface area contributed by atoms with Crippen LogP contribution >= 0.6 is 0 Å². The molecule has 13 nitrogen and oxygen atoms in total. The summed E-state index contributed by atoms with van der Waals surface area (Å²) in [7, 11) is 0. The number of aliphatic hydroxyl groups excluding tert-OH is 1. The molecule has 0 aliphatic carbocycles. The normalized spacial score (nSPS) is 22.2. The molecule has 1 aliphatic rings. The number of nitrogens with one attached hydrogen (secondary N) is 3. The van der Waals surface area contributed by atoms with Crippen LogP contribution in [-0.4, -0.2) is 65.0 Å². The summed E-state index contributed by atoms with van der Waals surface area (Å²) in [5, 5.41) is 28.0. The number of hydrogen-bond donors (Lipinski definition) is 5. The molecule has 0 aromatic heterocycles. The molecule has 0 bridgehead atoms. The Morgan fingerprint density at radius 2 is 1.88 bits per heavy atom. The number of rotatable bonds is 5. The average molecular weight is 465 g/mol. The number of nitrogens with two attached hydrogens (primary N) is 1. The van der Waals surface area contributed by atoms with Crippen LogP contribution in [0.3, 0.4) is 0 Å². The van der Waals surface area contributed by atoms with Crippen LogP contribution in [0.2, 0.25) is 0 Å². The second-order valence-electron chi connectivity index (χ2n) is 7.94. The molecule has 0 spiro atoms. The summed E-state index contributed by atoms with van der Waals surface area (Å²) in [4.78, 5) is 60.5. The van der Waals surface area contributed by atoms with Crippen molar-refractivity contribution >= 4 is 29.3 Å². The van der Waals surface area contributed by atoms with E-state index in [1.54, 1.807) is 0 Å². The van der Waals surface area contributed by atoms with Gasteiger partial charge in [0.15, 0.2) is 0 Å². The van der Waals surface area contributed by atoms with E-state index in [4.69, 9.17) is 10.5 Å². The average Bonchev–Trinajstić information content (AvgIpc) is 2.74. The van der Waals surface area contributed by atoms with Crippen LogP contribution in [0.4, 0.5) is 5.69 Å². The number of primary amides is 1. The number of carbonyl (C=O) groups is 4. The molecule has 1 aliphatic heterocycles. The van der Waals surface area contributed by atoms with Crippen molar-refractivity contribution in [3.05, 3.63) is 33.9 Å². The molecule has 1 aromatic rings. The number of non-ortho nitro benzene ring substituents is 1. The number of hydrogen-bond acceptors (Lipinski definition) is 8. The Kier molecular flexibility index (Phi) is 8.68. The van der Waals surface area contributed by atoms with Gasteiger partial charge in [-0.05, 0) is 18.4 Å². The van der Waals surface area contributed by atoms with Crippen molar-refractivity contribution in [1.82, 2.24) is 16.0 Å². The standard InChI is InChI=1S/C20H27N5O8/c1-10(2)7-14-19(29)22-13(17(21)27)5-6-33-16-4-3-11(25(31)32)8-12(16)18(28)24-15(9-26)20(30)23-14/h3-4,8,10,13-15,26H,5-7,9H2,1-2H3,(H2,21,27)(H,22,29)(H,23,30)(H,24,28)/t13-,14-,15-/m0/s1. The molecule has 0 unspecified atom stereocenters. The fourth-order valence-electron chi connectivity index (χ4n) is 3.18. The lowest BCUT2D eigenvalue weighted by Crippen LogP contribution is -2.57. The Bertz CT molecular complexity index is 935. The highest BCUT2D eigenvalue weighted by molar-refractivity contribution is 6.01. The number of nitro benzene ring substituents is 1. The lowest BCUT2D eigenvalue weighted by Gasteiger charge is -2.26. The van der Waals surface area contributed by atoms with E-state index in [0.29, 0.717) is 0 Å². The van der Waals surface area contributed by atoms with E-state index in [9.17, 15) is 34.4 Å². The van der Waals surface area contributed by atoms with Gasteiger partial charge in [0.25, 0.3) is 11.6 Å². The van der Waals surface area contributed by atoms with Crippen molar-refractivity contribution in [3.63, 3.8) is 0 Å². The molecule has 13 heteroatoms. The minimum absolute atomic E-state index is 0.0233. The number of nitrogens with zero attached hydrogens (tertiary/aromatic N) is 1. The predicted octanol–water partition coefficient (Wildman–Crippen LogP) is -1.03. The molecule has 6 N–H and O–H groups in total. The molecule has 180 valence electrons. The fourth-order valence-corrected chi connectivity index (χ4v) is 3.18. The van der Waals surface area contributed by atoms with Gasteiger partial charge in [0, 0.05) is 18.6 Å². The summed E-state index contributed by atoms with van der Waals surface area (Å²) in [6, 6.07) is -0.364. The zero-order valence-electron chi connectivity index (χ0n) is 18.2. The molecule has 0 saturated carbocycles. The number of benzene rings is 1. The molecule has 0 radical (unpaired) electrons. The summed E-state index contributed by atoms with van der Waals surface area (Å²) in [5.74, 6) is -3.33. The maximum atomic E-state index is 12.8. The summed E-state index contributed by atoms with van der Waals surface area (Å²) >= 11 is 0. The van der Waals surface area contributed by atoms with Crippen LogP contribution in [0.25, 0.3) is 0 Å². The van der Waals surface area contributed by atoms with Crippen LogP contribution in [0.15, 0.2) is 18.2 Å². The topological polar surface area (TPSA) is 203 Å². The molecule has 1 aromatic carbocycles. The lowest BCUT2D eigenvalue weighted by atomic mass is 10.0. The summed E-state index contributed by atoms with van der Waals surface area (Å²) < 4.78 is 5.53. The van der Waals surface area contributed by atoms with Gasteiger partial charge in [-0.15, -0.1) is 0 Å². The Balaban J connectivity index is 2.46. The van der Waals surface area contributed by atoms with Crippen molar-refractivity contribution in [2.75, 3.05) is 13.2 Å². The minimum Gasteiger partial charge on any atom is -0.493 e. The van der Waals surface area contributed by atoms with Crippen LogP contribution in [0, 0.1) is 16.0 Å². The summed E-state index contributed by atoms with van der Waals surface area (Å²) in [5.41, 5.74) is 4.75. The van der Waals surface area contributed by atoms with Crippen LogP contribution < -0.4 is 26.4 Å². The van der Waals surface area contributed by atoms with Gasteiger partial charge in [-0.2, -0.15) is 0 Å². The third-order valence-electron chi connectivity index (χ3n) is 4.89. The Labute approximate surface area is 189 Å². The Morgan fingerprint density at radius 1 is 1.21 bits per heavy atom. The van der Waals surface area contributed by atoms with E-state index in [0.717, 1.165) is 12.1 Å². The van der Waals surface area contributed by atoms with Crippen molar-refractivity contribution in [1.29, 1.82) is 0 Å². The third-order valence-corrected chi connectivity index (χ3v) is 4.89. The van der Waals surface area contributed by atoms with Crippen LogP contribution in [-0.2, 0) is 14.4 Å². The summed E-state index contributed by atoms with van der Waals surface area (Å²) in [6.07, 6.45) is 0.154. The molecule has 2 rings (SSSR count). The first kappa shape index (κ1) is 25.5. The smallest absolute Gasteiger partial charge is 0.270 e. The molecule has 3 atom stereocenters. The van der Waals surface area contributed by atoms with Gasteiger partial charge in [0.1, 0.15) is 23.9 Å². The third kappa shape index (κ3) is 6.87. The first-order valence-electron chi connectivity index (χ1n) is 10.3. The molecule has 33 heavy (non-hydrogen) atoms. The first-order valence-corrected chi connectivity index (χ1v) is 10.3. The maximum absolute atomic E-state index is 12.8. The molecule has 0 fully saturated rings. The number of nitro groups is 1. The van der Waals surface area contributed by atoms with Gasteiger partial charge in [-0.25, -0.2) is 0 Å². The Morgan fingerprint density at radius 3 is 2.45 bits per heavy atom. The number of aliphatic hydroxyl groups is 1. The zero-order valence-corrected chi connectivity index (χ0v) is 18.2. The zero-order chi connectivity index (χ0) is 24.7. The van der Waals surface area contributed by atoms with E-state index in [2.05, 4.69) is 16.0 Å². The van der Waals surface area contributed by atoms with Gasteiger partial charge >= 0.3 is 0 Å².